The van der Waals surface area contributed by atoms with Crippen LogP contribution in [-0.2, 0) is 38.3 Å². The topological polar surface area (TPSA) is 178 Å². The lowest BCUT2D eigenvalue weighted by molar-refractivity contribution is -0.301. The van der Waals surface area contributed by atoms with Gasteiger partial charge in [0.2, 0.25) is 0 Å². The molecule has 1 aliphatic heterocycles. The minimum atomic E-state index is -5.04. The van der Waals surface area contributed by atoms with Gasteiger partial charge in [-0.15, -0.1) is 0 Å². The maximum atomic E-state index is 12.4. The number of ether oxygens (including phenoxy) is 4. The van der Waals surface area contributed by atoms with Gasteiger partial charge in [-0.3, -0.25) is 9.35 Å². The molecule has 232 valence electrons. The van der Waals surface area contributed by atoms with E-state index in [1.807, 2.05) is 0 Å². The number of hydrogen-bond acceptors (Lipinski definition) is 11. The fourth-order valence-electron chi connectivity index (χ4n) is 4.26. The largest absolute Gasteiger partial charge is 0.457 e. The Labute approximate surface area is 233 Å². The van der Waals surface area contributed by atoms with Gasteiger partial charge in [-0.1, -0.05) is 78.1 Å². The SMILES string of the molecule is CCCCCCCCCOCC(COC1OC(CO)C(O)C(OS(=O)(=O)O)C1O)OC(=O)CCCCCCC. The van der Waals surface area contributed by atoms with Gasteiger partial charge in [0, 0.05) is 13.0 Å². The Balaban J connectivity index is 2.66. The van der Waals surface area contributed by atoms with Gasteiger partial charge in [0.15, 0.2) is 6.29 Å². The molecular formula is C26H50O12S. The quantitative estimate of drug-likeness (QED) is 0.0783. The van der Waals surface area contributed by atoms with Gasteiger partial charge < -0.3 is 34.3 Å². The van der Waals surface area contributed by atoms with Crippen molar-refractivity contribution in [3.8, 4) is 0 Å². The van der Waals surface area contributed by atoms with E-state index in [4.69, 9.17) is 23.5 Å². The van der Waals surface area contributed by atoms with Crippen LogP contribution in [0.4, 0.5) is 0 Å². The lowest BCUT2D eigenvalue weighted by Crippen LogP contribution is -2.60. The third-order valence-electron chi connectivity index (χ3n) is 6.48. The zero-order valence-electron chi connectivity index (χ0n) is 23.4. The highest BCUT2D eigenvalue weighted by molar-refractivity contribution is 7.80. The molecule has 1 fully saturated rings. The van der Waals surface area contributed by atoms with Crippen molar-refractivity contribution in [3.63, 3.8) is 0 Å². The molecule has 0 spiro atoms. The molecule has 0 aromatic carbocycles. The van der Waals surface area contributed by atoms with Crippen LogP contribution < -0.4 is 0 Å². The van der Waals surface area contributed by atoms with Gasteiger partial charge in [0.25, 0.3) is 0 Å². The summed E-state index contributed by atoms with van der Waals surface area (Å²) in [6.45, 7) is 3.79. The van der Waals surface area contributed by atoms with Gasteiger partial charge in [-0.05, 0) is 12.8 Å². The highest BCUT2D eigenvalue weighted by Gasteiger charge is 2.48. The number of esters is 1. The Morgan fingerprint density at radius 2 is 1.46 bits per heavy atom. The summed E-state index contributed by atoms with van der Waals surface area (Å²) < 4.78 is 57.9. The second-order valence-electron chi connectivity index (χ2n) is 10.0. The smallest absolute Gasteiger partial charge is 0.397 e. The Bertz CT molecular complexity index is 734. The molecule has 0 aromatic rings. The van der Waals surface area contributed by atoms with Crippen LogP contribution in [0.15, 0.2) is 0 Å². The lowest BCUT2D eigenvalue weighted by Gasteiger charge is -2.41. The second-order valence-corrected chi connectivity index (χ2v) is 11.0. The minimum Gasteiger partial charge on any atom is -0.457 e. The molecule has 6 atom stereocenters. The molecule has 6 unspecified atom stereocenters. The van der Waals surface area contributed by atoms with E-state index >= 15 is 0 Å². The monoisotopic (exact) mass is 586 g/mol. The summed E-state index contributed by atoms with van der Waals surface area (Å²) in [6.07, 6.45) is 3.77. The van der Waals surface area contributed by atoms with E-state index < -0.39 is 59.8 Å². The van der Waals surface area contributed by atoms with E-state index in [0.717, 1.165) is 44.9 Å². The summed E-state index contributed by atoms with van der Waals surface area (Å²) >= 11 is 0. The molecule has 0 saturated carbocycles. The summed E-state index contributed by atoms with van der Waals surface area (Å²) in [5.41, 5.74) is 0. The first-order chi connectivity index (χ1) is 18.6. The average molecular weight is 587 g/mol. The van der Waals surface area contributed by atoms with Crippen LogP contribution in [-0.4, -0.2) is 97.5 Å². The van der Waals surface area contributed by atoms with Crippen LogP contribution in [0.25, 0.3) is 0 Å². The predicted octanol–water partition coefficient (Wildman–Crippen LogP) is 2.67. The third kappa shape index (κ3) is 16.2. The Kier molecular flexibility index (Phi) is 19.4. The third-order valence-corrected chi connectivity index (χ3v) is 6.94. The Morgan fingerprint density at radius 1 is 0.872 bits per heavy atom. The molecule has 1 saturated heterocycles. The van der Waals surface area contributed by atoms with E-state index in [9.17, 15) is 28.5 Å². The number of carbonyl (C=O) groups excluding carboxylic acids is 1. The first-order valence-electron chi connectivity index (χ1n) is 14.3. The maximum Gasteiger partial charge on any atom is 0.397 e. The minimum absolute atomic E-state index is 0.0389. The van der Waals surface area contributed by atoms with Crippen molar-refractivity contribution in [2.24, 2.45) is 0 Å². The highest BCUT2D eigenvalue weighted by atomic mass is 32.3. The summed E-state index contributed by atoms with van der Waals surface area (Å²) in [4.78, 5) is 12.4. The van der Waals surface area contributed by atoms with Crippen LogP contribution >= 0.6 is 0 Å². The van der Waals surface area contributed by atoms with Crippen molar-refractivity contribution < 1.29 is 56.2 Å². The number of carbonyl (C=O) groups is 1. The summed E-state index contributed by atoms with van der Waals surface area (Å²) in [6, 6.07) is 0. The standard InChI is InChI=1S/C26H50O12S/c1-3-5-7-9-10-12-14-16-34-18-20(36-22(28)15-13-11-8-6-4-2)19-35-26-24(30)25(38-39(31,32)33)23(29)21(17-27)37-26/h20-21,23-27,29-30H,3-19H2,1-2H3,(H,31,32,33). The number of unbranched alkanes of at least 4 members (excludes halogenated alkanes) is 10. The molecule has 0 bridgehead atoms. The molecule has 39 heavy (non-hydrogen) atoms. The van der Waals surface area contributed by atoms with Crippen LogP contribution in [0.1, 0.15) is 97.3 Å². The first kappa shape index (κ1) is 36.1. The zero-order valence-corrected chi connectivity index (χ0v) is 24.3. The molecule has 1 rings (SSSR count). The molecule has 0 aliphatic carbocycles. The average Bonchev–Trinajstić information content (AvgIpc) is 2.88. The normalized spacial score (nSPS) is 24.5. The number of aliphatic hydroxyl groups is 3. The molecule has 12 nitrogen and oxygen atoms in total. The second kappa shape index (κ2) is 20.9. The summed E-state index contributed by atoms with van der Waals surface area (Å²) in [7, 11) is -5.04. The van der Waals surface area contributed by atoms with Gasteiger partial charge in [-0.25, -0.2) is 4.18 Å². The van der Waals surface area contributed by atoms with Crippen LogP contribution in [0.5, 0.6) is 0 Å². The summed E-state index contributed by atoms with van der Waals surface area (Å²) in [5, 5.41) is 30.1. The Hall–Kier alpha value is -0.900. The first-order valence-corrected chi connectivity index (χ1v) is 15.7. The van der Waals surface area contributed by atoms with E-state index in [0.29, 0.717) is 13.0 Å². The molecule has 0 aromatic heterocycles. The van der Waals surface area contributed by atoms with Crippen molar-refractivity contribution in [1.29, 1.82) is 0 Å². The van der Waals surface area contributed by atoms with Crippen LogP contribution in [0.3, 0.4) is 0 Å². The molecule has 0 radical (unpaired) electrons. The van der Waals surface area contributed by atoms with Gasteiger partial charge in [0.1, 0.15) is 30.5 Å². The Morgan fingerprint density at radius 3 is 2.05 bits per heavy atom. The van der Waals surface area contributed by atoms with Crippen molar-refractivity contribution in [2.75, 3.05) is 26.4 Å². The van der Waals surface area contributed by atoms with E-state index in [1.165, 1.54) is 25.7 Å². The predicted molar refractivity (Wildman–Crippen MR) is 142 cm³/mol. The number of aliphatic hydroxyl groups excluding tert-OH is 3. The molecule has 4 N–H and O–H groups in total. The zero-order chi connectivity index (χ0) is 29.1. The van der Waals surface area contributed by atoms with Gasteiger partial charge >= 0.3 is 16.4 Å². The van der Waals surface area contributed by atoms with E-state index in [2.05, 4.69) is 18.0 Å². The molecule has 1 heterocycles. The van der Waals surface area contributed by atoms with E-state index in [-0.39, 0.29) is 19.6 Å². The van der Waals surface area contributed by atoms with E-state index in [1.54, 1.807) is 0 Å². The lowest BCUT2D eigenvalue weighted by atomic mass is 9.99. The number of rotatable bonds is 23. The van der Waals surface area contributed by atoms with Crippen LogP contribution in [0.2, 0.25) is 0 Å². The highest BCUT2D eigenvalue weighted by Crippen LogP contribution is 2.25. The fraction of sp³-hybridized carbons (Fsp3) is 0.962. The molecule has 13 heteroatoms. The molecule has 1 aliphatic rings. The van der Waals surface area contributed by atoms with Gasteiger partial charge in [-0.2, -0.15) is 8.42 Å². The maximum absolute atomic E-state index is 12.4. The molecule has 0 amide bonds. The number of hydrogen-bond donors (Lipinski definition) is 4. The van der Waals surface area contributed by atoms with Crippen molar-refractivity contribution >= 4 is 16.4 Å². The fourth-order valence-corrected chi connectivity index (χ4v) is 4.77. The van der Waals surface area contributed by atoms with Crippen LogP contribution in [0, 0.1) is 0 Å². The summed E-state index contributed by atoms with van der Waals surface area (Å²) in [5.74, 6) is -0.416. The van der Waals surface area contributed by atoms with Crippen molar-refractivity contribution in [1.82, 2.24) is 0 Å². The van der Waals surface area contributed by atoms with Crippen molar-refractivity contribution in [2.45, 2.75) is 134 Å². The van der Waals surface area contributed by atoms with Crippen molar-refractivity contribution in [3.05, 3.63) is 0 Å². The molecular weight excluding hydrogens is 536 g/mol. The van der Waals surface area contributed by atoms with Gasteiger partial charge in [0.05, 0.1) is 19.8 Å².